The summed E-state index contributed by atoms with van der Waals surface area (Å²) in [5, 5.41) is 12.3. The highest BCUT2D eigenvalue weighted by Gasteiger charge is 2.28. The van der Waals surface area contributed by atoms with Crippen LogP contribution in [0.3, 0.4) is 0 Å². The molecule has 31 heteroatoms. The molecule has 12 aromatic heterocycles. The van der Waals surface area contributed by atoms with Gasteiger partial charge >= 0.3 is 6.09 Å². The second-order valence-electron chi connectivity index (χ2n) is 35.8. The molecule has 128 heavy (non-hydrogen) atoms. The number of carbonyl (C=O) groups is 7. The van der Waals surface area contributed by atoms with Crippen molar-refractivity contribution in [2.45, 2.75) is 287 Å². The maximum absolute atomic E-state index is 11.6. The van der Waals surface area contributed by atoms with Crippen LogP contribution < -0.4 is 27.0 Å². The van der Waals surface area contributed by atoms with Crippen molar-refractivity contribution in [2.75, 3.05) is 54.8 Å². The van der Waals surface area contributed by atoms with Crippen LogP contribution >= 0.6 is 0 Å². The summed E-state index contributed by atoms with van der Waals surface area (Å²) in [7, 11) is 5.07. The molecule has 0 aliphatic heterocycles. The van der Waals surface area contributed by atoms with Gasteiger partial charge in [0.05, 0.1) is 7.11 Å². The fourth-order valence-corrected chi connectivity index (χ4v) is 19.1. The number of ether oxygens (including phenoxy) is 1. The molecule has 1 amide bonds. The summed E-state index contributed by atoms with van der Waals surface area (Å²) < 4.78 is 17.2. The summed E-state index contributed by atoms with van der Waals surface area (Å²) in [5.41, 5.74) is 18.5. The zero-order valence-corrected chi connectivity index (χ0v) is 76.9. The third-order valence-electron chi connectivity index (χ3n) is 26.1. The second kappa shape index (κ2) is 44.8. The zero-order chi connectivity index (χ0) is 90.5. The summed E-state index contributed by atoms with van der Waals surface area (Å²) >= 11 is 0. The van der Waals surface area contributed by atoms with Crippen LogP contribution in [0, 0.1) is 42.4 Å². The molecule has 31 nitrogen and oxygen atoms in total. The number of ketones is 6. The van der Waals surface area contributed by atoms with E-state index in [2.05, 4.69) is 111 Å². The number of hydrogen-bond acceptors (Lipinski definition) is 24. The molecular formula is C97H131N23O8. The first-order chi connectivity index (χ1) is 61.9. The number of pyridine rings is 6. The molecule has 0 unspecified atom stereocenters. The Morgan fingerprint density at radius 3 is 0.812 bits per heavy atom. The minimum Gasteiger partial charge on any atom is -0.453 e. The maximum Gasteiger partial charge on any atom is 0.413 e. The third-order valence-corrected chi connectivity index (χ3v) is 26.1. The summed E-state index contributed by atoms with van der Waals surface area (Å²) in [5.74, 6) is 8.28. The monoisotopic (exact) mass is 1750 g/mol. The molecule has 6 fully saturated rings. The van der Waals surface area contributed by atoms with Gasteiger partial charge in [-0.1, -0.05) is 116 Å². The van der Waals surface area contributed by atoms with Gasteiger partial charge in [-0.15, -0.1) is 0 Å². The molecule has 682 valence electrons. The number of aryl methyl sites for hydroxylation is 1. The van der Waals surface area contributed by atoms with Crippen molar-refractivity contribution < 1.29 is 38.3 Å². The molecule has 0 radical (unpaired) electrons. The molecule has 6 aliphatic rings. The Balaban J connectivity index is 0.000000131. The molecule has 0 spiro atoms. The molecule has 18 rings (SSSR count). The topological polar surface area (TPSA) is 387 Å². The van der Waals surface area contributed by atoms with Crippen molar-refractivity contribution in [2.24, 2.45) is 35.5 Å². The number of aromatic nitrogens is 18. The molecule has 0 bridgehead atoms. The number of carbonyl (C=O) groups excluding carboxylic acids is 7. The number of hydrogen-bond donors (Lipinski definition) is 5. The first kappa shape index (κ1) is 93.8. The van der Waals surface area contributed by atoms with Crippen LogP contribution in [-0.2, 0) is 44.0 Å². The summed E-state index contributed by atoms with van der Waals surface area (Å²) in [4.78, 5) is 135. The van der Waals surface area contributed by atoms with Crippen LogP contribution in [-0.4, -0.2) is 156 Å². The standard InChI is InChI=1S/C17H22N4O3.C17H24N4O.2C16H22N4O.C16H21N3O.C15H20N4O/c1-11(22)13-8-9-14-15(18-13)21(10-12-6-4-3-5-7-12)16(19-14)20-17(23)24-2;1-3-18-17-20-15-10-9-14(12(2)22)19-16(15)21(17)11-13-7-5-4-6-8-13;2*1-11(21)13-8-9-14-15(18-13)20(16(17-2)19-14)10-12-6-4-3-5-7-12;1-11(20)14-8-9-15-16(18-14)19(12(2)17-15)10-13-6-4-3-5-7-13;1-10(20)12-7-8-13-14(17-12)19(15(16)18-13)9-11-5-3-2-4-6-11/h8-9,12H,3-7,10H2,1-2H3,(H,19,20,23);9-10,13H,3-8,11H2,1-2H3,(H,18,20);2*8-9,12H,3-7,10H2,1-2H3,(H,17,19);8-9,13H,3-7,10H2,1-2H3;7-8,11H,2-6,9H2,1H3,(H2,16,18). The normalized spacial score (nSPS) is 16.2. The highest BCUT2D eigenvalue weighted by atomic mass is 16.5. The maximum atomic E-state index is 11.6. The van der Waals surface area contributed by atoms with Gasteiger partial charge < -0.3 is 31.0 Å². The van der Waals surface area contributed by atoms with Gasteiger partial charge in [0.1, 0.15) is 73.1 Å². The molecule has 12 heterocycles. The van der Waals surface area contributed by atoms with Crippen LogP contribution in [0.25, 0.3) is 67.0 Å². The molecule has 6 N–H and O–H groups in total. The van der Waals surface area contributed by atoms with E-state index in [4.69, 9.17) is 5.73 Å². The SMILES string of the molecule is CC(=O)c1ccc2nc(C)n(CC3CCCCC3)c2n1.CC(=O)c1ccc2nc(N)n(CC3CCCCC3)c2n1.CCNc1nc2ccc(C(C)=O)nc2n1CC1CCCCC1.CNc1nc2ccc(C(C)=O)nc2n1CC1CCCCC1.CNc1nc2ccc(C(C)=O)nc2n1CC1CCCCC1.COC(=O)Nc1nc2ccc(C(C)=O)nc2n1CC1CCCCC1. The molecule has 6 saturated carbocycles. The average Bonchev–Trinajstić information content (AvgIpc) is 1.66. The number of nitrogens with two attached hydrogens (primary N) is 1. The number of fused-ring (bicyclic) bond motifs is 6. The van der Waals surface area contributed by atoms with E-state index in [0.29, 0.717) is 86.8 Å². The van der Waals surface area contributed by atoms with E-state index in [9.17, 15) is 33.6 Å². The van der Waals surface area contributed by atoms with Gasteiger partial charge in [-0.2, -0.15) is 0 Å². The summed E-state index contributed by atoms with van der Waals surface area (Å²) in [6.07, 6.45) is 38.1. The van der Waals surface area contributed by atoms with Crippen molar-refractivity contribution >= 4 is 138 Å². The molecule has 0 saturated heterocycles. The fourth-order valence-electron chi connectivity index (χ4n) is 19.1. The number of nitrogens with zero attached hydrogens (tertiary/aromatic N) is 18. The van der Waals surface area contributed by atoms with Crippen LogP contribution in [0.2, 0.25) is 0 Å². The number of anilines is 5. The summed E-state index contributed by atoms with van der Waals surface area (Å²) in [6.45, 7) is 19.5. The zero-order valence-electron chi connectivity index (χ0n) is 76.9. The van der Waals surface area contributed by atoms with E-state index in [1.165, 1.54) is 201 Å². The third kappa shape index (κ3) is 24.0. The van der Waals surface area contributed by atoms with E-state index >= 15 is 0 Å². The Kier molecular flexibility index (Phi) is 32.8. The van der Waals surface area contributed by atoms with E-state index in [1.807, 2.05) is 60.5 Å². The molecule has 0 aromatic carbocycles. The van der Waals surface area contributed by atoms with Gasteiger partial charge in [0.15, 0.2) is 68.6 Å². The fraction of sp³-hybridized carbons (Fsp3) is 0.557. The largest absolute Gasteiger partial charge is 0.453 e. The lowest BCUT2D eigenvalue weighted by molar-refractivity contribution is 0.100. The second-order valence-corrected chi connectivity index (χ2v) is 35.8. The van der Waals surface area contributed by atoms with Crippen molar-refractivity contribution in [1.82, 2.24) is 87.2 Å². The van der Waals surface area contributed by atoms with Crippen LogP contribution in [0.5, 0.6) is 0 Å². The van der Waals surface area contributed by atoms with Gasteiger partial charge in [0.2, 0.25) is 29.7 Å². The van der Waals surface area contributed by atoms with Crippen LogP contribution in [0.4, 0.5) is 34.5 Å². The minimum absolute atomic E-state index is 0.00248. The quantitative estimate of drug-likeness (QED) is 0.0371. The van der Waals surface area contributed by atoms with Crippen LogP contribution in [0.1, 0.15) is 310 Å². The Morgan fingerprint density at radius 1 is 0.312 bits per heavy atom. The van der Waals surface area contributed by atoms with Crippen molar-refractivity contribution in [3.8, 4) is 0 Å². The number of Topliss-reactive ketones (excluding diaryl/α,β-unsaturated/α-hetero) is 6. The van der Waals surface area contributed by atoms with E-state index < -0.39 is 6.09 Å². The van der Waals surface area contributed by atoms with Crippen molar-refractivity contribution in [3.63, 3.8) is 0 Å². The Morgan fingerprint density at radius 2 is 0.539 bits per heavy atom. The molecule has 0 atom stereocenters. The lowest BCUT2D eigenvalue weighted by Crippen LogP contribution is -2.19. The summed E-state index contributed by atoms with van der Waals surface area (Å²) in [6, 6.07) is 21.6. The predicted molar refractivity (Wildman–Crippen MR) is 503 cm³/mol. The van der Waals surface area contributed by atoms with Gasteiger partial charge in [-0.3, -0.25) is 56.9 Å². The van der Waals surface area contributed by atoms with Crippen LogP contribution in [0.15, 0.2) is 72.8 Å². The highest BCUT2D eigenvalue weighted by Crippen LogP contribution is 2.36. The van der Waals surface area contributed by atoms with Gasteiger partial charge in [-0.25, -0.2) is 64.6 Å². The molecule has 12 aromatic rings. The lowest BCUT2D eigenvalue weighted by atomic mass is 9.89. The Hall–Kier alpha value is -11.8. The first-order valence-electron chi connectivity index (χ1n) is 46.9. The Bertz CT molecular complexity index is 5620. The van der Waals surface area contributed by atoms with Gasteiger partial charge in [-0.05, 0) is 199 Å². The van der Waals surface area contributed by atoms with Crippen molar-refractivity contribution in [3.05, 3.63) is 113 Å². The number of amides is 1. The van der Waals surface area contributed by atoms with Gasteiger partial charge in [0.25, 0.3) is 0 Å². The average molecular weight is 1750 g/mol. The number of imidazole rings is 6. The van der Waals surface area contributed by atoms with E-state index in [1.54, 1.807) is 70.2 Å². The Labute approximate surface area is 749 Å². The number of nitrogens with one attached hydrogen (secondary N) is 4. The van der Waals surface area contributed by atoms with Crippen molar-refractivity contribution in [1.29, 1.82) is 0 Å². The highest BCUT2D eigenvalue weighted by molar-refractivity contribution is 5.98. The van der Waals surface area contributed by atoms with E-state index in [0.717, 1.165) is 144 Å². The molecular weight excluding hydrogens is 1620 g/mol. The predicted octanol–water partition coefficient (Wildman–Crippen LogP) is 19.9. The first-order valence-corrected chi connectivity index (χ1v) is 46.9. The number of nitrogen functional groups attached to an aromatic ring is 1. The van der Waals surface area contributed by atoms with Gasteiger partial charge in [0, 0.05) is 101 Å². The smallest absolute Gasteiger partial charge is 0.413 e. The number of rotatable bonds is 23. The minimum atomic E-state index is -0.568. The van der Waals surface area contributed by atoms with E-state index in [-0.39, 0.29) is 34.7 Å². The lowest BCUT2D eigenvalue weighted by Gasteiger charge is -2.23. The molecule has 6 aliphatic carbocycles. The number of methoxy groups -OCH3 is 1.